The number of amides is 1. The molecule has 138 valence electrons. The van der Waals surface area contributed by atoms with Gasteiger partial charge in [-0.05, 0) is 36.8 Å². The van der Waals surface area contributed by atoms with E-state index < -0.39 is 11.9 Å². The summed E-state index contributed by atoms with van der Waals surface area (Å²) in [5.41, 5.74) is 0.928. The predicted molar refractivity (Wildman–Crippen MR) is 93.8 cm³/mol. The molecule has 0 aromatic heterocycles. The van der Waals surface area contributed by atoms with Gasteiger partial charge >= 0.3 is 0 Å². The number of carbonyl (C=O) groups is 1. The monoisotopic (exact) mass is 360 g/mol. The van der Waals surface area contributed by atoms with Gasteiger partial charge in [-0.25, -0.2) is 4.39 Å². The first kappa shape index (κ1) is 18.0. The number of nitrogens with one attached hydrogen (secondary N) is 2. The molecular formula is C19H21FN2O4. The largest absolute Gasteiger partial charge is 0.489 e. The minimum atomic E-state index is -0.401. The maximum Gasteiger partial charge on any atom is 0.237 e. The van der Waals surface area contributed by atoms with E-state index in [1.165, 1.54) is 6.07 Å². The van der Waals surface area contributed by atoms with Crippen molar-refractivity contribution in [2.45, 2.75) is 19.5 Å². The number of rotatable bonds is 8. The van der Waals surface area contributed by atoms with Crippen LogP contribution in [0.15, 0.2) is 42.5 Å². The van der Waals surface area contributed by atoms with Gasteiger partial charge in [-0.15, -0.1) is 0 Å². The minimum Gasteiger partial charge on any atom is -0.489 e. The fourth-order valence-corrected chi connectivity index (χ4v) is 2.48. The van der Waals surface area contributed by atoms with Gasteiger partial charge in [0.25, 0.3) is 0 Å². The highest BCUT2D eigenvalue weighted by molar-refractivity contribution is 5.81. The third-order valence-electron chi connectivity index (χ3n) is 3.94. The molecule has 1 aliphatic rings. The molecule has 1 heterocycles. The first-order valence-electron chi connectivity index (χ1n) is 8.40. The SMILES string of the molecule is C[C@H](NCCOc1ccccc1F)C(=O)NCc1ccc2c(c1)OCO2. The summed E-state index contributed by atoms with van der Waals surface area (Å²) in [5, 5.41) is 5.90. The summed E-state index contributed by atoms with van der Waals surface area (Å²) in [4.78, 5) is 12.1. The van der Waals surface area contributed by atoms with E-state index in [0.29, 0.717) is 24.6 Å². The van der Waals surface area contributed by atoms with Crippen LogP contribution >= 0.6 is 0 Å². The van der Waals surface area contributed by atoms with Gasteiger partial charge in [0.05, 0.1) is 6.04 Å². The van der Waals surface area contributed by atoms with Crippen LogP contribution in [0, 0.1) is 5.82 Å². The lowest BCUT2D eigenvalue weighted by molar-refractivity contribution is -0.122. The van der Waals surface area contributed by atoms with Gasteiger partial charge < -0.3 is 24.8 Å². The number of ether oxygens (including phenoxy) is 3. The van der Waals surface area contributed by atoms with E-state index in [0.717, 1.165) is 5.56 Å². The summed E-state index contributed by atoms with van der Waals surface area (Å²) < 4.78 is 29.3. The molecular weight excluding hydrogens is 339 g/mol. The van der Waals surface area contributed by atoms with E-state index in [1.807, 2.05) is 18.2 Å². The predicted octanol–water partition coefficient (Wildman–Crippen LogP) is 2.23. The molecule has 0 spiro atoms. The lowest BCUT2D eigenvalue weighted by Gasteiger charge is -2.15. The zero-order valence-corrected chi connectivity index (χ0v) is 14.5. The molecule has 3 rings (SSSR count). The molecule has 2 aromatic rings. The summed E-state index contributed by atoms with van der Waals surface area (Å²) in [7, 11) is 0. The van der Waals surface area contributed by atoms with Gasteiger partial charge in [0, 0.05) is 13.1 Å². The second-order valence-electron chi connectivity index (χ2n) is 5.86. The van der Waals surface area contributed by atoms with E-state index in [2.05, 4.69) is 10.6 Å². The molecule has 0 saturated carbocycles. The number of benzene rings is 2. The van der Waals surface area contributed by atoms with E-state index >= 15 is 0 Å². The van der Waals surface area contributed by atoms with Crippen LogP contribution in [0.3, 0.4) is 0 Å². The highest BCUT2D eigenvalue weighted by atomic mass is 19.1. The van der Waals surface area contributed by atoms with Crippen LogP contribution in [-0.4, -0.2) is 31.9 Å². The zero-order chi connectivity index (χ0) is 18.4. The van der Waals surface area contributed by atoms with Crippen molar-refractivity contribution in [3.63, 3.8) is 0 Å². The maximum absolute atomic E-state index is 13.4. The molecule has 0 unspecified atom stereocenters. The molecule has 7 heteroatoms. The van der Waals surface area contributed by atoms with E-state index in [9.17, 15) is 9.18 Å². The summed E-state index contributed by atoms with van der Waals surface area (Å²) in [6.07, 6.45) is 0. The molecule has 2 N–H and O–H groups in total. The van der Waals surface area contributed by atoms with Gasteiger partial charge in [-0.2, -0.15) is 0 Å². The summed E-state index contributed by atoms with van der Waals surface area (Å²) >= 11 is 0. The third kappa shape index (κ3) is 4.64. The van der Waals surface area contributed by atoms with E-state index in [-0.39, 0.29) is 25.1 Å². The molecule has 0 bridgehead atoms. The van der Waals surface area contributed by atoms with Crippen molar-refractivity contribution in [1.82, 2.24) is 10.6 Å². The standard InChI is InChI=1S/C19H21FN2O4/c1-13(21-8-9-24-16-5-3-2-4-15(16)20)19(23)22-11-14-6-7-17-18(10-14)26-12-25-17/h2-7,10,13,21H,8-9,11-12H2,1H3,(H,22,23)/t13-/m0/s1. The summed E-state index contributed by atoms with van der Waals surface area (Å²) in [6, 6.07) is 11.4. The van der Waals surface area contributed by atoms with Crippen molar-refractivity contribution >= 4 is 5.91 Å². The minimum absolute atomic E-state index is 0.131. The quantitative estimate of drug-likeness (QED) is 0.707. The van der Waals surface area contributed by atoms with Crippen molar-refractivity contribution in [3.8, 4) is 17.2 Å². The van der Waals surface area contributed by atoms with Gasteiger partial charge in [-0.1, -0.05) is 18.2 Å². The number of carbonyl (C=O) groups excluding carboxylic acids is 1. The van der Waals surface area contributed by atoms with Crippen LogP contribution in [0.1, 0.15) is 12.5 Å². The molecule has 1 atom stereocenters. The van der Waals surface area contributed by atoms with Gasteiger partial charge in [0.15, 0.2) is 23.1 Å². The topological polar surface area (TPSA) is 68.8 Å². The summed E-state index contributed by atoms with van der Waals surface area (Å²) in [6.45, 7) is 3.07. The second kappa shape index (κ2) is 8.53. The highest BCUT2D eigenvalue weighted by Crippen LogP contribution is 2.32. The Labute approximate surface area is 151 Å². The molecule has 1 amide bonds. The summed E-state index contributed by atoms with van der Waals surface area (Å²) in [5.74, 6) is 1.07. The Kier molecular flexibility index (Phi) is 5.91. The fraction of sp³-hybridized carbons (Fsp3) is 0.316. The Morgan fingerprint density at radius 3 is 2.88 bits per heavy atom. The molecule has 1 aliphatic heterocycles. The van der Waals surface area contributed by atoms with Crippen LogP contribution < -0.4 is 24.8 Å². The molecule has 0 saturated heterocycles. The Balaban J connectivity index is 1.37. The normalized spacial score (nSPS) is 13.3. The van der Waals surface area contributed by atoms with Crippen LogP contribution in [0.25, 0.3) is 0 Å². The smallest absolute Gasteiger partial charge is 0.237 e. The first-order valence-corrected chi connectivity index (χ1v) is 8.40. The highest BCUT2D eigenvalue weighted by Gasteiger charge is 2.15. The van der Waals surface area contributed by atoms with Crippen LogP contribution in [-0.2, 0) is 11.3 Å². The fourth-order valence-electron chi connectivity index (χ4n) is 2.48. The number of hydrogen-bond acceptors (Lipinski definition) is 5. The third-order valence-corrected chi connectivity index (χ3v) is 3.94. The van der Waals surface area contributed by atoms with Crippen LogP contribution in [0.5, 0.6) is 17.2 Å². The average Bonchev–Trinajstić information content (AvgIpc) is 3.12. The van der Waals surface area contributed by atoms with Gasteiger partial charge in [0.1, 0.15) is 6.61 Å². The van der Waals surface area contributed by atoms with Crippen LogP contribution in [0.4, 0.5) is 4.39 Å². The molecule has 0 aliphatic carbocycles. The maximum atomic E-state index is 13.4. The average molecular weight is 360 g/mol. The zero-order valence-electron chi connectivity index (χ0n) is 14.5. The van der Waals surface area contributed by atoms with Gasteiger partial charge in [-0.3, -0.25) is 4.79 Å². The molecule has 0 radical (unpaired) electrons. The van der Waals surface area contributed by atoms with E-state index in [4.69, 9.17) is 14.2 Å². The van der Waals surface area contributed by atoms with Crippen molar-refractivity contribution in [1.29, 1.82) is 0 Å². The van der Waals surface area contributed by atoms with E-state index in [1.54, 1.807) is 25.1 Å². The molecule has 6 nitrogen and oxygen atoms in total. The number of halogens is 1. The lowest BCUT2D eigenvalue weighted by atomic mass is 10.2. The van der Waals surface area contributed by atoms with Crippen molar-refractivity contribution in [3.05, 3.63) is 53.8 Å². The Morgan fingerprint density at radius 1 is 1.23 bits per heavy atom. The van der Waals surface area contributed by atoms with Crippen molar-refractivity contribution in [2.24, 2.45) is 0 Å². The lowest BCUT2D eigenvalue weighted by Crippen LogP contribution is -2.43. The number of hydrogen-bond donors (Lipinski definition) is 2. The first-order chi connectivity index (χ1) is 12.6. The Bertz CT molecular complexity index is 769. The van der Waals surface area contributed by atoms with Crippen molar-refractivity contribution in [2.75, 3.05) is 19.9 Å². The Morgan fingerprint density at radius 2 is 2.04 bits per heavy atom. The number of fused-ring (bicyclic) bond motifs is 1. The Hall–Kier alpha value is -2.80. The number of para-hydroxylation sites is 1. The molecule has 2 aromatic carbocycles. The molecule has 26 heavy (non-hydrogen) atoms. The molecule has 0 fully saturated rings. The van der Waals surface area contributed by atoms with Crippen LogP contribution in [0.2, 0.25) is 0 Å². The second-order valence-corrected chi connectivity index (χ2v) is 5.86. The van der Waals surface area contributed by atoms with Crippen molar-refractivity contribution < 1.29 is 23.4 Å². The van der Waals surface area contributed by atoms with Gasteiger partial charge in [0.2, 0.25) is 12.7 Å².